The minimum atomic E-state index is -3.32. The minimum absolute atomic E-state index is 0.112. The molecular weight excluding hydrogens is 282 g/mol. The summed E-state index contributed by atoms with van der Waals surface area (Å²) >= 11 is 5.65. The highest BCUT2D eigenvalue weighted by Gasteiger charge is 2.32. The molecule has 0 N–H and O–H groups in total. The van der Waals surface area contributed by atoms with Crippen molar-refractivity contribution in [3.63, 3.8) is 0 Å². The Morgan fingerprint density at radius 2 is 2.00 bits per heavy atom. The third kappa shape index (κ3) is 3.30. The normalized spacial score (nSPS) is 20.8. The van der Waals surface area contributed by atoms with Crippen LogP contribution < -0.4 is 0 Å². The minimum Gasteiger partial charge on any atom is -0.207 e. The fraction of sp³-hybridized carbons (Fsp3) is 0.571. The molecule has 1 aliphatic heterocycles. The lowest BCUT2D eigenvalue weighted by Crippen LogP contribution is -2.33. The van der Waals surface area contributed by atoms with Crippen molar-refractivity contribution in [2.24, 2.45) is 0 Å². The summed E-state index contributed by atoms with van der Waals surface area (Å²) in [5, 5.41) is 0. The maximum Gasteiger partial charge on any atom is 0.243 e. The lowest BCUT2D eigenvalue weighted by atomic mass is 10.1. The molecule has 1 heterocycles. The van der Waals surface area contributed by atoms with Gasteiger partial charge < -0.3 is 0 Å². The average Bonchev–Trinajstić information content (AvgIpc) is 2.84. The first kappa shape index (κ1) is 14.8. The molecule has 0 bridgehead atoms. The van der Waals surface area contributed by atoms with Crippen LogP contribution in [-0.2, 0) is 16.4 Å². The van der Waals surface area contributed by atoms with Crippen molar-refractivity contribution in [2.45, 2.75) is 43.5 Å². The lowest BCUT2D eigenvalue weighted by Gasteiger charge is -2.21. The molecular formula is C14H20ClNO2S. The second-order valence-electron chi connectivity index (χ2n) is 5.04. The van der Waals surface area contributed by atoms with Gasteiger partial charge in [-0.2, -0.15) is 4.31 Å². The van der Waals surface area contributed by atoms with Crippen LogP contribution >= 0.6 is 11.6 Å². The molecule has 5 heteroatoms. The molecule has 2 rings (SSSR count). The number of alkyl halides is 1. The van der Waals surface area contributed by atoms with Crippen LogP contribution in [-0.4, -0.2) is 31.2 Å². The van der Waals surface area contributed by atoms with Crippen LogP contribution in [0.3, 0.4) is 0 Å². The van der Waals surface area contributed by atoms with Crippen molar-refractivity contribution in [3.05, 3.63) is 29.8 Å². The Hall–Kier alpha value is -0.580. The van der Waals surface area contributed by atoms with Crippen molar-refractivity contribution in [1.82, 2.24) is 4.31 Å². The van der Waals surface area contributed by atoms with Crippen molar-refractivity contribution in [2.75, 3.05) is 12.4 Å². The molecule has 0 aliphatic carbocycles. The van der Waals surface area contributed by atoms with Crippen LogP contribution in [0, 0.1) is 0 Å². The zero-order valence-corrected chi connectivity index (χ0v) is 12.8. The van der Waals surface area contributed by atoms with Gasteiger partial charge in [0.25, 0.3) is 0 Å². The van der Waals surface area contributed by atoms with Gasteiger partial charge in [0.1, 0.15) is 0 Å². The summed E-state index contributed by atoms with van der Waals surface area (Å²) in [6.07, 6.45) is 3.71. The SMILES string of the molecule is CC1CCCN1S(=O)(=O)c1ccc(CCCCl)cc1. The second-order valence-corrected chi connectivity index (χ2v) is 7.31. The largest absolute Gasteiger partial charge is 0.243 e. The molecule has 1 aromatic rings. The Morgan fingerprint density at radius 3 is 2.53 bits per heavy atom. The number of sulfonamides is 1. The van der Waals surface area contributed by atoms with Crippen LogP contribution in [0.5, 0.6) is 0 Å². The molecule has 3 nitrogen and oxygen atoms in total. The van der Waals surface area contributed by atoms with Gasteiger partial charge in [-0.3, -0.25) is 0 Å². The molecule has 1 saturated heterocycles. The fourth-order valence-corrected chi connectivity index (χ4v) is 4.33. The molecule has 1 aliphatic rings. The van der Waals surface area contributed by atoms with E-state index in [0.29, 0.717) is 17.3 Å². The zero-order valence-electron chi connectivity index (χ0n) is 11.2. The summed E-state index contributed by atoms with van der Waals surface area (Å²) < 4.78 is 26.6. The monoisotopic (exact) mass is 301 g/mol. The predicted octanol–water partition coefficient (Wildman–Crippen LogP) is 3.03. The third-order valence-electron chi connectivity index (χ3n) is 3.62. The Labute approximate surface area is 120 Å². The van der Waals surface area contributed by atoms with Gasteiger partial charge in [-0.05, 0) is 50.3 Å². The van der Waals surface area contributed by atoms with Gasteiger partial charge in [0.15, 0.2) is 0 Å². The van der Waals surface area contributed by atoms with E-state index in [1.807, 2.05) is 19.1 Å². The highest BCUT2D eigenvalue weighted by molar-refractivity contribution is 7.89. The van der Waals surface area contributed by atoms with E-state index in [4.69, 9.17) is 11.6 Å². The Kier molecular flexibility index (Phi) is 4.87. The van der Waals surface area contributed by atoms with E-state index in [9.17, 15) is 8.42 Å². The first-order valence-electron chi connectivity index (χ1n) is 6.72. The molecule has 0 radical (unpaired) electrons. The summed E-state index contributed by atoms with van der Waals surface area (Å²) in [4.78, 5) is 0.399. The van der Waals surface area contributed by atoms with Crippen LogP contribution in [0.25, 0.3) is 0 Å². The van der Waals surface area contributed by atoms with Gasteiger partial charge in [-0.15, -0.1) is 11.6 Å². The van der Waals surface area contributed by atoms with E-state index in [-0.39, 0.29) is 6.04 Å². The number of rotatable bonds is 5. The summed E-state index contributed by atoms with van der Waals surface area (Å²) in [5.41, 5.74) is 1.13. The molecule has 1 aromatic carbocycles. The molecule has 0 aromatic heterocycles. The Morgan fingerprint density at radius 1 is 1.32 bits per heavy atom. The molecule has 1 atom stereocenters. The second kappa shape index (κ2) is 6.25. The van der Waals surface area contributed by atoms with Crippen molar-refractivity contribution in [3.8, 4) is 0 Å². The molecule has 1 fully saturated rings. The number of nitrogens with zero attached hydrogens (tertiary/aromatic N) is 1. The van der Waals surface area contributed by atoms with E-state index >= 15 is 0 Å². The van der Waals surface area contributed by atoms with Crippen LogP contribution in [0.15, 0.2) is 29.2 Å². The number of benzene rings is 1. The van der Waals surface area contributed by atoms with Gasteiger partial charge in [-0.25, -0.2) is 8.42 Å². The topological polar surface area (TPSA) is 37.4 Å². The third-order valence-corrected chi connectivity index (χ3v) is 5.92. The maximum absolute atomic E-state index is 12.5. The van der Waals surface area contributed by atoms with Gasteiger partial charge >= 0.3 is 0 Å². The molecule has 0 amide bonds. The van der Waals surface area contributed by atoms with E-state index in [1.54, 1.807) is 16.4 Å². The van der Waals surface area contributed by atoms with Crippen LogP contribution in [0.1, 0.15) is 31.7 Å². The van der Waals surface area contributed by atoms with Crippen LogP contribution in [0.4, 0.5) is 0 Å². The molecule has 106 valence electrons. The van der Waals surface area contributed by atoms with E-state index in [1.165, 1.54) is 0 Å². The first-order valence-corrected chi connectivity index (χ1v) is 8.70. The summed E-state index contributed by atoms with van der Waals surface area (Å²) in [6.45, 7) is 2.61. The smallest absolute Gasteiger partial charge is 0.207 e. The molecule has 19 heavy (non-hydrogen) atoms. The van der Waals surface area contributed by atoms with Crippen molar-refractivity contribution >= 4 is 21.6 Å². The van der Waals surface area contributed by atoms with Gasteiger partial charge in [-0.1, -0.05) is 12.1 Å². The van der Waals surface area contributed by atoms with Crippen LogP contribution in [0.2, 0.25) is 0 Å². The summed E-state index contributed by atoms with van der Waals surface area (Å²) in [7, 11) is -3.32. The highest BCUT2D eigenvalue weighted by atomic mass is 35.5. The van der Waals surface area contributed by atoms with Crippen molar-refractivity contribution in [1.29, 1.82) is 0 Å². The summed E-state index contributed by atoms with van der Waals surface area (Å²) in [5.74, 6) is 0.630. The standard InChI is InChI=1S/C14H20ClNO2S/c1-12-4-3-11-16(12)19(17,18)14-8-6-13(7-9-14)5-2-10-15/h6-9,12H,2-5,10-11H2,1H3. The van der Waals surface area contributed by atoms with E-state index < -0.39 is 10.0 Å². The highest BCUT2D eigenvalue weighted by Crippen LogP contribution is 2.25. The zero-order chi connectivity index (χ0) is 13.9. The Balaban J connectivity index is 2.16. The predicted molar refractivity (Wildman–Crippen MR) is 78.1 cm³/mol. The quantitative estimate of drug-likeness (QED) is 0.784. The Bertz CT molecular complexity index is 513. The molecule has 1 unspecified atom stereocenters. The van der Waals surface area contributed by atoms with E-state index in [2.05, 4.69) is 0 Å². The number of halogens is 1. The van der Waals surface area contributed by atoms with Gasteiger partial charge in [0, 0.05) is 18.5 Å². The van der Waals surface area contributed by atoms with Gasteiger partial charge in [0.05, 0.1) is 4.90 Å². The fourth-order valence-electron chi connectivity index (χ4n) is 2.50. The molecule has 0 spiro atoms. The van der Waals surface area contributed by atoms with E-state index in [0.717, 1.165) is 31.2 Å². The maximum atomic E-state index is 12.5. The average molecular weight is 302 g/mol. The number of aryl methyl sites for hydroxylation is 1. The number of hydrogen-bond donors (Lipinski definition) is 0. The molecule has 0 saturated carbocycles. The number of hydrogen-bond acceptors (Lipinski definition) is 2. The lowest BCUT2D eigenvalue weighted by molar-refractivity contribution is 0.408. The van der Waals surface area contributed by atoms with Gasteiger partial charge in [0.2, 0.25) is 10.0 Å². The summed E-state index contributed by atoms with van der Waals surface area (Å²) in [6, 6.07) is 7.31. The van der Waals surface area contributed by atoms with Crippen molar-refractivity contribution < 1.29 is 8.42 Å². The first-order chi connectivity index (χ1) is 9.05.